The topological polar surface area (TPSA) is 29.1 Å². The van der Waals surface area contributed by atoms with Gasteiger partial charge in [0.2, 0.25) is 5.91 Å². The van der Waals surface area contributed by atoms with E-state index in [0.29, 0.717) is 18.4 Å². The van der Waals surface area contributed by atoms with Crippen LogP contribution < -0.4 is 5.32 Å². The van der Waals surface area contributed by atoms with Crippen LogP contribution in [0.1, 0.15) is 24.6 Å². The van der Waals surface area contributed by atoms with Crippen molar-refractivity contribution < 1.29 is 4.79 Å². The van der Waals surface area contributed by atoms with Crippen LogP contribution in [0.15, 0.2) is 15.9 Å². The van der Waals surface area contributed by atoms with E-state index in [-0.39, 0.29) is 5.91 Å². The minimum atomic E-state index is 0.189. The summed E-state index contributed by atoms with van der Waals surface area (Å²) in [6.45, 7) is 2.17. The second-order valence-electron chi connectivity index (χ2n) is 4.12. The van der Waals surface area contributed by atoms with Crippen molar-refractivity contribution in [3.05, 3.63) is 20.8 Å². The van der Waals surface area contributed by atoms with Crippen molar-refractivity contribution in [1.82, 2.24) is 5.32 Å². The highest BCUT2D eigenvalue weighted by Gasteiger charge is 2.33. The first-order valence-electron chi connectivity index (χ1n) is 5.17. The summed E-state index contributed by atoms with van der Waals surface area (Å²) in [6, 6.07) is 2.53. The molecule has 82 valence electrons. The van der Waals surface area contributed by atoms with Gasteiger partial charge >= 0.3 is 0 Å². The number of carbonyl (C=O) groups is 1. The van der Waals surface area contributed by atoms with Crippen molar-refractivity contribution in [3.8, 4) is 0 Å². The van der Waals surface area contributed by atoms with Crippen LogP contribution in [0.4, 0.5) is 0 Å². The summed E-state index contributed by atoms with van der Waals surface area (Å²) in [5.74, 6) is 0.874. The third-order valence-electron chi connectivity index (χ3n) is 2.68. The van der Waals surface area contributed by atoms with Crippen LogP contribution in [0, 0.1) is 5.92 Å². The predicted octanol–water partition coefficient (Wildman–Crippen LogP) is 2.97. The fourth-order valence-electron chi connectivity index (χ4n) is 1.52. The number of hydrogen-bond donors (Lipinski definition) is 1. The highest BCUT2D eigenvalue weighted by atomic mass is 79.9. The molecule has 2 rings (SSSR count). The SMILES string of the molecule is CC1CC1NC(=O)CCc1cc(Br)cs1. The Morgan fingerprint density at radius 3 is 3.00 bits per heavy atom. The van der Waals surface area contributed by atoms with Crippen LogP contribution in [0.25, 0.3) is 0 Å². The van der Waals surface area contributed by atoms with Gasteiger partial charge in [0.1, 0.15) is 0 Å². The Balaban J connectivity index is 1.71. The number of aryl methyl sites for hydroxylation is 1. The normalized spacial score (nSPS) is 23.9. The minimum Gasteiger partial charge on any atom is -0.353 e. The lowest BCUT2D eigenvalue weighted by Gasteiger charge is -2.02. The highest BCUT2D eigenvalue weighted by Crippen LogP contribution is 2.29. The molecule has 1 amide bonds. The van der Waals surface area contributed by atoms with Gasteiger partial charge < -0.3 is 5.32 Å². The van der Waals surface area contributed by atoms with Gasteiger partial charge in [-0.3, -0.25) is 4.79 Å². The van der Waals surface area contributed by atoms with Crippen molar-refractivity contribution in [1.29, 1.82) is 0 Å². The molecule has 0 aromatic carbocycles. The van der Waals surface area contributed by atoms with E-state index in [0.717, 1.165) is 17.3 Å². The number of amides is 1. The Hall–Kier alpha value is -0.350. The Bertz CT molecular complexity index is 363. The number of rotatable bonds is 4. The smallest absolute Gasteiger partial charge is 0.220 e. The molecule has 1 heterocycles. The van der Waals surface area contributed by atoms with Crippen LogP contribution in [0.3, 0.4) is 0 Å². The van der Waals surface area contributed by atoms with Crippen LogP contribution in [-0.4, -0.2) is 11.9 Å². The molecule has 1 N–H and O–H groups in total. The molecule has 1 aromatic heterocycles. The lowest BCUT2D eigenvalue weighted by molar-refractivity contribution is -0.121. The molecule has 15 heavy (non-hydrogen) atoms. The second-order valence-corrected chi connectivity index (χ2v) is 6.03. The molecule has 0 aliphatic heterocycles. The first kappa shape index (κ1) is 11.1. The van der Waals surface area contributed by atoms with Gasteiger partial charge in [-0.1, -0.05) is 6.92 Å². The summed E-state index contributed by atoms with van der Waals surface area (Å²) in [6.07, 6.45) is 2.61. The standard InChI is InChI=1S/C11H14BrNOS/c1-7-4-10(7)13-11(14)3-2-9-5-8(12)6-15-9/h5-7,10H,2-4H2,1H3,(H,13,14). The molecular weight excluding hydrogens is 274 g/mol. The van der Waals surface area contributed by atoms with Crippen LogP contribution >= 0.6 is 27.3 Å². The van der Waals surface area contributed by atoms with Crippen molar-refractivity contribution in [3.63, 3.8) is 0 Å². The van der Waals surface area contributed by atoms with Crippen molar-refractivity contribution in [2.75, 3.05) is 0 Å². The average Bonchev–Trinajstić information content (AvgIpc) is 2.71. The first-order valence-corrected chi connectivity index (χ1v) is 6.84. The highest BCUT2D eigenvalue weighted by molar-refractivity contribution is 9.10. The van der Waals surface area contributed by atoms with E-state index in [1.165, 1.54) is 4.88 Å². The van der Waals surface area contributed by atoms with Gasteiger partial charge in [0.25, 0.3) is 0 Å². The van der Waals surface area contributed by atoms with Crippen molar-refractivity contribution >= 4 is 33.2 Å². The lowest BCUT2D eigenvalue weighted by atomic mass is 10.2. The molecule has 1 fully saturated rings. The summed E-state index contributed by atoms with van der Waals surface area (Å²) >= 11 is 5.11. The van der Waals surface area contributed by atoms with Crippen LogP contribution in [-0.2, 0) is 11.2 Å². The van der Waals surface area contributed by atoms with E-state index in [4.69, 9.17) is 0 Å². The van der Waals surface area contributed by atoms with Gasteiger partial charge in [-0.05, 0) is 40.8 Å². The molecule has 0 radical (unpaired) electrons. The second kappa shape index (κ2) is 4.66. The maximum Gasteiger partial charge on any atom is 0.220 e. The summed E-state index contributed by atoms with van der Waals surface area (Å²) < 4.78 is 1.11. The Morgan fingerprint density at radius 1 is 1.73 bits per heavy atom. The number of thiophene rings is 1. The molecular formula is C11H14BrNOS. The molecule has 2 unspecified atom stereocenters. The first-order chi connectivity index (χ1) is 7.15. The van der Waals surface area contributed by atoms with E-state index in [2.05, 4.69) is 39.6 Å². The Morgan fingerprint density at radius 2 is 2.47 bits per heavy atom. The third kappa shape index (κ3) is 3.31. The van der Waals surface area contributed by atoms with E-state index >= 15 is 0 Å². The fraction of sp³-hybridized carbons (Fsp3) is 0.545. The summed E-state index contributed by atoms with van der Waals surface area (Å²) in [4.78, 5) is 12.8. The van der Waals surface area contributed by atoms with Gasteiger partial charge in [-0.25, -0.2) is 0 Å². The zero-order valence-corrected chi connectivity index (χ0v) is 11.0. The molecule has 2 atom stereocenters. The van der Waals surface area contributed by atoms with Crippen LogP contribution in [0.2, 0.25) is 0 Å². The number of nitrogens with one attached hydrogen (secondary N) is 1. The maximum atomic E-state index is 11.5. The monoisotopic (exact) mass is 287 g/mol. The lowest BCUT2D eigenvalue weighted by Crippen LogP contribution is -2.26. The van der Waals surface area contributed by atoms with Crippen LogP contribution in [0.5, 0.6) is 0 Å². The van der Waals surface area contributed by atoms with Gasteiger partial charge in [-0.15, -0.1) is 11.3 Å². The average molecular weight is 288 g/mol. The minimum absolute atomic E-state index is 0.189. The van der Waals surface area contributed by atoms with Crippen molar-refractivity contribution in [2.45, 2.75) is 32.2 Å². The van der Waals surface area contributed by atoms with Gasteiger partial charge in [0.05, 0.1) is 0 Å². The quantitative estimate of drug-likeness (QED) is 0.906. The number of halogens is 1. The molecule has 2 nitrogen and oxygen atoms in total. The molecule has 0 spiro atoms. The van der Waals surface area contributed by atoms with Gasteiger partial charge in [-0.2, -0.15) is 0 Å². The zero-order valence-electron chi connectivity index (χ0n) is 8.63. The Kier molecular flexibility index (Phi) is 3.46. The fourth-order valence-corrected chi connectivity index (χ4v) is 2.98. The van der Waals surface area contributed by atoms with E-state index in [9.17, 15) is 4.79 Å². The van der Waals surface area contributed by atoms with Crippen molar-refractivity contribution in [2.24, 2.45) is 5.92 Å². The molecule has 1 aliphatic carbocycles. The number of hydrogen-bond acceptors (Lipinski definition) is 2. The van der Waals surface area contributed by atoms with Gasteiger partial charge in [0, 0.05) is 27.2 Å². The molecule has 1 aliphatic rings. The van der Waals surface area contributed by atoms with Gasteiger partial charge in [0.15, 0.2) is 0 Å². The predicted molar refractivity (Wildman–Crippen MR) is 66.1 cm³/mol. The summed E-state index contributed by atoms with van der Waals surface area (Å²) in [7, 11) is 0. The van der Waals surface area contributed by atoms with E-state index in [1.807, 2.05) is 0 Å². The molecule has 0 bridgehead atoms. The summed E-state index contributed by atoms with van der Waals surface area (Å²) in [5, 5.41) is 5.09. The summed E-state index contributed by atoms with van der Waals surface area (Å²) in [5.41, 5.74) is 0. The third-order valence-corrected chi connectivity index (χ3v) is 4.43. The molecule has 4 heteroatoms. The van der Waals surface area contributed by atoms with E-state index < -0.39 is 0 Å². The molecule has 1 aromatic rings. The molecule has 1 saturated carbocycles. The Labute approximate surface area is 102 Å². The largest absolute Gasteiger partial charge is 0.353 e. The molecule has 0 saturated heterocycles. The van der Waals surface area contributed by atoms with E-state index in [1.54, 1.807) is 11.3 Å². The maximum absolute atomic E-state index is 11.5. The zero-order chi connectivity index (χ0) is 10.8. The number of carbonyl (C=O) groups excluding carboxylic acids is 1.